The van der Waals surface area contributed by atoms with Crippen LogP contribution in [0.15, 0.2) is 54.6 Å². The predicted molar refractivity (Wildman–Crippen MR) is 98.9 cm³/mol. The summed E-state index contributed by atoms with van der Waals surface area (Å²) in [7, 11) is 0. The lowest BCUT2D eigenvalue weighted by Gasteiger charge is -2.31. The Morgan fingerprint density at radius 3 is 2.50 bits per heavy atom. The predicted octanol–water partition coefficient (Wildman–Crippen LogP) is 4.41. The summed E-state index contributed by atoms with van der Waals surface area (Å²) in [5.74, 6) is 1.97. The molecule has 0 unspecified atom stereocenters. The van der Waals surface area contributed by atoms with Gasteiger partial charge in [-0.15, -0.1) is 0 Å². The molecule has 0 atom stereocenters. The van der Waals surface area contributed by atoms with Crippen LogP contribution in [-0.4, -0.2) is 28.0 Å². The zero-order valence-electron chi connectivity index (χ0n) is 14.1. The van der Waals surface area contributed by atoms with E-state index in [2.05, 4.69) is 58.4 Å². The molecule has 0 bridgehead atoms. The lowest BCUT2D eigenvalue weighted by Crippen LogP contribution is -2.33. The summed E-state index contributed by atoms with van der Waals surface area (Å²) in [6.07, 6.45) is 5.16. The second-order valence-electron chi connectivity index (χ2n) is 6.94. The van der Waals surface area contributed by atoms with E-state index >= 15 is 0 Å². The number of hydrogen-bond acceptors (Lipinski definition) is 2. The van der Waals surface area contributed by atoms with E-state index in [-0.39, 0.29) is 0 Å². The maximum Gasteiger partial charge on any atom is 0.121 e. The maximum atomic E-state index is 4.70. The standard InChI is InChI=1S/C21H25N3/c1-2-6-17(7-3-1)10-11-18-12-14-24(15-13-18)16-21-22-19-8-4-5-9-20(19)23-21/h1-9,18H,10-16H2,(H,22,23). The number of nitrogens with one attached hydrogen (secondary N) is 1. The first-order valence-corrected chi connectivity index (χ1v) is 9.07. The number of likely N-dealkylation sites (tertiary alicyclic amines) is 1. The third kappa shape index (κ3) is 3.68. The number of rotatable bonds is 5. The molecule has 1 aromatic heterocycles. The zero-order chi connectivity index (χ0) is 16.2. The van der Waals surface area contributed by atoms with Gasteiger partial charge in [0.05, 0.1) is 17.6 Å². The van der Waals surface area contributed by atoms with E-state index in [0.29, 0.717) is 0 Å². The van der Waals surface area contributed by atoms with Gasteiger partial charge in [-0.3, -0.25) is 4.90 Å². The number of aromatic amines is 1. The molecule has 3 nitrogen and oxygen atoms in total. The summed E-state index contributed by atoms with van der Waals surface area (Å²) >= 11 is 0. The van der Waals surface area contributed by atoms with Crippen LogP contribution in [0.3, 0.4) is 0 Å². The van der Waals surface area contributed by atoms with Crippen LogP contribution in [0.2, 0.25) is 0 Å². The molecule has 3 aromatic rings. The molecule has 124 valence electrons. The van der Waals surface area contributed by atoms with E-state index in [9.17, 15) is 0 Å². The van der Waals surface area contributed by atoms with Gasteiger partial charge in [0, 0.05) is 0 Å². The van der Waals surface area contributed by atoms with Gasteiger partial charge in [-0.25, -0.2) is 4.98 Å². The Hall–Kier alpha value is -2.13. The minimum Gasteiger partial charge on any atom is -0.341 e. The molecule has 3 heteroatoms. The molecule has 1 aliphatic rings. The van der Waals surface area contributed by atoms with Crippen molar-refractivity contribution in [2.24, 2.45) is 5.92 Å². The van der Waals surface area contributed by atoms with Crippen LogP contribution in [0.1, 0.15) is 30.7 Å². The van der Waals surface area contributed by atoms with Gasteiger partial charge in [-0.2, -0.15) is 0 Å². The van der Waals surface area contributed by atoms with Crippen LogP contribution in [0, 0.1) is 5.92 Å². The molecule has 0 radical (unpaired) electrons. The van der Waals surface area contributed by atoms with Crippen LogP contribution < -0.4 is 0 Å². The third-order valence-electron chi connectivity index (χ3n) is 5.20. The van der Waals surface area contributed by atoms with Crippen molar-refractivity contribution in [2.75, 3.05) is 13.1 Å². The number of aryl methyl sites for hydroxylation is 1. The van der Waals surface area contributed by atoms with Crippen molar-refractivity contribution in [1.29, 1.82) is 0 Å². The number of aromatic nitrogens is 2. The molecule has 1 aliphatic heterocycles. The molecule has 0 saturated carbocycles. The van der Waals surface area contributed by atoms with Gasteiger partial charge >= 0.3 is 0 Å². The van der Waals surface area contributed by atoms with Crippen molar-refractivity contribution in [3.8, 4) is 0 Å². The molecule has 1 fully saturated rings. The van der Waals surface area contributed by atoms with E-state index < -0.39 is 0 Å². The fraction of sp³-hybridized carbons (Fsp3) is 0.381. The first kappa shape index (κ1) is 15.4. The topological polar surface area (TPSA) is 31.9 Å². The first-order valence-electron chi connectivity index (χ1n) is 9.07. The quantitative estimate of drug-likeness (QED) is 0.755. The lowest BCUT2D eigenvalue weighted by atomic mass is 9.90. The van der Waals surface area contributed by atoms with Gasteiger partial charge < -0.3 is 4.98 Å². The molecule has 2 heterocycles. The molecular weight excluding hydrogens is 294 g/mol. The molecule has 0 spiro atoms. The summed E-state index contributed by atoms with van der Waals surface area (Å²) in [6.45, 7) is 3.33. The van der Waals surface area contributed by atoms with Crippen molar-refractivity contribution in [2.45, 2.75) is 32.2 Å². The van der Waals surface area contributed by atoms with Crippen LogP contribution in [0.5, 0.6) is 0 Å². The highest BCUT2D eigenvalue weighted by atomic mass is 15.2. The van der Waals surface area contributed by atoms with Gasteiger partial charge in [0.15, 0.2) is 0 Å². The highest BCUT2D eigenvalue weighted by Gasteiger charge is 2.20. The minimum atomic E-state index is 0.872. The van der Waals surface area contributed by atoms with E-state index in [1.54, 1.807) is 0 Å². The van der Waals surface area contributed by atoms with Crippen LogP contribution in [-0.2, 0) is 13.0 Å². The fourth-order valence-corrected chi connectivity index (χ4v) is 3.74. The monoisotopic (exact) mass is 319 g/mol. The zero-order valence-corrected chi connectivity index (χ0v) is 14.1. The average molecular weight is 319 g/mol. The Labute approximate surface area is 143 Å². The maximum absolute atomic E-state index is 4.70. The summed E-state index contributed by atoms with van der Waals surface area (Å²) in [4.78, 5) is 10.7. The molecule has 0 amide bonds. The Morgan fingerprint density at radius 2 is 1.71 bits per heavy atom. The largest absolute Gasteiger partial charge is 0.341 e. The van der Waals surface area contributed by atoms with Crippen LogP contribution >= 0.6 is 0 Å². The first-order chi connectivity index (χ1) is 11.9. The number of fused-ring (bicyclic) bond motifs is 1. The number of para-hydroxylation sites is 2. The Balaban J connectivity index is 1.27. The SMILES string of the molecule is c1ccc(CCC2CCN(Cc3nc4ccccc4[nH]3)CC2)cc1. The van der Waals surface area contributed by atoms with E-state index in [0.717, 1.165) is 29.3 Å². The number of imidazole rings is 1. The van der Waals surface area contributed by atoms with E-state index in [4.69, 9.17) is 4.98 Å². The van der Waals surface area contributed by atoms with Gasteiger partial charge in [0.25, 0.3) is 0 Å². The Morgan fingerprint density at radius 1 is 0.958 bits per heavy atom. The molecule has 0 aliphatic carbocycles. The summed E-state index contributed by atoms with van der Waals surface area (Å²) in [5, 5.41) is 0. The van der Waals surface area contributed by atoms with Gasteiger partial charge in [0.2, 0.25) is 0 Å². The summed E-state index contributed by atoms with van der Waals surface area (Å²) in [5.41, 5.74) is 3.69. The Bertz CT molecular complexity index is 737. The van der Waals surface area contributed by atoms with Crippen molar-refractivity contribution in [1.82, 2.24) is 14.9 Å². The molecular formula is C21H25N3. The Kier molecular flexibility index (Phi) is 4.61. The van der Waals surface area contributed by atoms with Crippen molar-refractivity contribution < 1.29 is 0 Å². The highest BCUT2D eigenvalue weighted by molar-refractivity contribution is 5.74. The lowest BCUT2D eigenvalue weighted by molar-refractivity contribution is 0.169. The molecule has 1 N–H and O–H groups in total. The van der Waals surface area contributed by atoms with E-state index in [1.807, 2.05) is 6.07 Å². The smallest absolute Gasteiger partial charge is 0.121 e. The average Bonchev–Trinajstić information content (AvgIpc) is 3.04. The highest BCUT2D eigenvalue weighted by Crippen LogP contribution is 2.23. The summed E-state index contributed by atoms with van der Waals surface area (Å²) < 4.78 is 0. The van der Waals surface area contributed by atoms with E-state index in [1.165, 1.54) is 44.3 Å². The third-order valence-corrected chi connectivity index (χ3v) is 5.20. The second-order valence-corrected chi connectivity index (χ2v) is 6.94. The fourth-order valence-electron chi connectivity index (χ4n) is 3.74. The van der Waals surface area contributed by atoms with Crippen LogP contribution in [0.4, 0.5) is 0 Å². The number of nitrogens with zero attached hydrogens (tertiary/aromatic N) is 2. The number of hydrogen-bond donors (Lipinski definition) is 1. The molecule has 24 heavy (non-hydrogen) atoms. The minimum absolute atomic E-state index is 0.872. The number of benzene rings is 2. The normalized spacial score (nSPS) is 16.7. The number of H-pyrrole nitrogens is 1. The van der Waals surface area contributed by atoms with Gasteiger partial charge in [-0.1, -0.05) is 42.5 Å². The van der Waals surface area contributed by atoms with Gasteiger partial charge in [-0.05, 0) is 62.4 Å². The molecule has 4 rings (SSSR count). The second kappa shape index (κ2) is 7.18. The summed E-state index contributed by atoms with van der Waals surface area (Å²) in [6, 6.07) is 19.2. The number of piperidine rings is 1. The van der Waals surface area contributed by atoms with Gasteiger partial charge in [0.1, 0.15) is 5.82 Å². The molecule has 1 saturated heterocycles. The van der Waals surface area contributed by atoms with Crippen molar-refractivity contribution in [3.05, 3.63) is 66.0 Å². The van der Waals surface area contributed by atoms with Crippen molar-refractivity contribution in [3.63, 3.8) is 0 Å². The van der Waals surface area contributed by atoms with Crippen molar-refractivity contribution >= 4 is 11.0 Å². The molecule has 2 aromatic carbocycles. The van der Waals surface area contributed by atoms with Crippen LogP contribution in [0.25, 0.3) is 11.0 Å².